The fraction of sp³-hybridized carbons (Fsp3) is 0.438. The molecule has 0 bridgehead atoms. The average molecular weight is 307 g/mol. The molecule has 1 amide bonds. The predicted octanol–water partition coefficient (Wildman–Crippen LogP) is 3.19. The molecular weight excluding hydrogens is 289 g/mol. The van der Waals surface area contributed by atoms with E-state index in [-0.39, 0.29) is 23.7 Å². The first-order chi connectivity index (χ1) is 9.99. The molecule has 1 aliphatic rings. The van der Waals surface area contributed by atoms with Crippen LogP contribution in [0.2, 0.25) is 0 Å². The highest BCUT2D eigenvalue weighted by molar-refractivity contribution is 7.21. The number of hydrogen-bond acceptors (Lipinski definition) is 3. The maximum atomic E-state index is 13.9. The van der Waals surface area contributed by atoms with Crippen LogP contribution in [0.15, 0.2) is 18.2 Å². The number of hydrogen-bond donors (Lipinski definition) is 1. The molecule has 2 heterocycles. The van der Waals surface area contributed by atoms with Crippen molar-refractivity contribution in [2.24, 2.45) is 5.92 Å². The molecule has 21 heavy (non-hydrogen) atoms. The monoisotopic (exact) mass is 307 g/mol. The number of piperidine rings is 1. The van der Waals surface area contributed by atoms with E-state index in [2.05, 4.69) is 0 Å². The molecule has 0 radical (unpaired) electrons. The van der Waals surface area contributed by atoms with Gasteiger partial charge in [0.25, 0.3) is 5.91 Å². The van der Waals surface area contributed by atoms with Crippen LogP contribution in [0.1, 0.15) is 28.6 Å². The van der Waals surface area contributed by atoms with Gasteiger partial charge in [0.2, 0.25) is 0 Å². The number of nitrogens with zero attached hydrogens (tertiary/aromatic N) is 1. The summed E-state index contributed by atoms with van der Waals surface area (Å²) in [7, 11) is 0. The molecule has 0 saturated carbocycles. The number of fused-ring (bicyclic) bond motifs is 1. The van der Waals surface area contributed by atoms with Crippen molar-refractivity contribution in [3.8, 4) is 0 Å². The van der Waals surface area contributed by atoms with Gasteiger partial charge in [-0.15, -0.1) is 11.3 Å². The minimum absolute atomic E-state index is 0.0492. The van der Waals surface area contributed by atoms with E-state index in [4.69, 9.17) is 0 Å². The molecule has 1 saturated heterocycles. The first-order valence-corrected chi connectivity index (χ1v) is 7.95. The molecule has 3 nitrogen and oxygen atoms in total. The Morgan fingerprint density at radius 2 is 2.24 bits per heavy atom. The molecule has 2 unspecified atom stereocenters. The van der Waals surface area contributed by atoms with E-state index in [0.29, 0.717) is 29.8 Å². The zero-order valence-corrected chi connectivity index (χ0v) is 12.9. The molecule has 2 aromatic rings. The summed E-state index contributed by atoms with van der Waals surface area (Å²) in [5.41, 5.74) is 0.719. The van der Waals surface area contributed by atoms with Gasteiger partial charge in [0.05, 0.1) is 11.0 Å². The number of aryl methyl sites for hydroxylation is 1. The second-order valence-electron chi connectivity index (χ2n) is 5.75. The van der Waals surface area contributed by atoms with Crippen molar-refractivity contribution >= 4 is 27.3 Å². The third-order valence-corrected chi connectivity index (χ3v) is 5.49. The zero-order valence-electron chi connectivity index (χ0n) is 12.1. The highest BCUT2D eigenvalue weighted by Crippen LogP contribution is 2.34. The molecule has 1 N–H and O–H groups in total. The molecule has 3 rings (SSSR count). The Morgan fingerprint density at radius 1 is 1.48 bits per heavy atom. The number of likely N-dealkylation sites (tertiary alicyclic amines) is 1. The van der Waals surface area contributed by atoms with Crippen LogP contribution in [-0.2, 0) is 0 Å². The summed E-state index contributed by atoms with van der Waals surface area (Å²) in [5.74, 6) is -0.247. The quantitative estimate of drug-likeness (QED) is 0.879. The summed E-state index contributed by atoms with van der Waals surface area (Å²) >= 11 is 1.35. The van der Waals surface area contributed by atoms with Gasteiger partial charge in [0.15, 0.2) is 0 Å². The largest absolute Gasteiger partial charge is 0.393 e. The summed E-state index contributed by atoms with van der Waals surface area (Å²) in [6.07, 6.45) is 0.264. The smallest absolute Gasteiger partial charge is 0.264 e. The second-order valence-corrected chi connectivity index (χ2v) is 6.81. The van der Waals surface area contributed by atoms with Crippen molar-refractivity contribution in [3.05, 3.63) is 34.5 Å². The summed E-state index contributed by atoms with van der Waals surface area (Å²) in [4.78, 5) is 15.1. The number of aliphatic hydroxyl groups is 1. The SMILES string of the molecule is Cc1c(C(=O)N2CCC(O)C(C)C2)sc2cccc(F)c12. The minimum atomic E-state index is -0.338. The molecule has 5 heteroatoms. The summed E-state index contributed by atoms with van der Waals surface area (Å²) in [6, 6.07) is 4.94. The summed E-state index contributed by atoms with van der Waals surface area (Å²) < 4.78 is 14.7. The van der Waals surface area contributed by atoms with Crippen LogP contribution in [-0.4, -0.2) is 35.1 Å². The van der Waals surface area contributed by atoms with Crippen LogP contribution >= 0.6 is 11.3 Å². The number of halogens is 1. The fourth-order valence-corrected chi connectivity index (χ4v) is 4.11. The van der Waals surface area contributed by atoms with Crippen LogP contribution in [0.4, 0.5) is 4.39 Å². The van der Waals surface area contributed by atoms with Gasteiger partial charge in [-0.1, -0.05) is 13.0 Å². The molecule has 1 aromatic carbocycles. The van der Waals surface area contributed by atoms with Gasteiger partial charge >= 0.3 is 0 Å². The second kappa shape index (κ2) is 5.39. The van der Waals surface area contributed by atoms with Crippen molar-refractivity contribution in [1.82, 2.24) is 4.90 Å². The van der Waals surface area contributed by atoms with E-state index < -0.39 is 0 Å². The van der Waals surface area contributed by atoms with Crippen molar-refractivity contribution in [2.45, 2.75) is 26.4 Å². The molecule has 1 aliphatic heterocycles. The molecule has 0 spiro atoms. The number of carbonyl (C=O) groups is 1. The number of amides is 1. The Hall–Kier alpha value is -1.46. The van der Waals surface area contributed by atoms with E-state index in [1.807, 2.05) is 13.0 Å². The fourth-order valence-electron chi connectivity index (χ4n) is 2.92. The highest BCUT2D eigenvalue weighted by Gasteiger charge is 2.29. The minimum Gasteiger partial charge on any atom is -0.393 e. The lowest BCUT2D eigenvalue weighted by Crippen LogP contribution is -2.44. The predicted molar refractivity (Wildman–Crippen MR) is 82.2 cm³/mol. The van der Waals surface area contributed by atoms with Gasteiger partial charge in [-0.25, -0.2) is 4.39 Å². The third-order valence-electron chi connectivity index (χ3n) is 4.24. The van der Waals surface area contributed by atoms with E-state index >= 15 is 0 Å². The Balaban J connectivity index is 1.95. The maximum Gasteiger partial charge on any atom is 0.264 e. The lowest BCUT2D eigenvalue weighted by molar-refractivity contribution is 0.0300. The number of thiophene rings is 1. The normalized spacial score (nSPS) is 22.8. The molecule has 1 fully saturated rings. The Kier molecular flexibility index (Phi) is 3.71. The van der Waals surface area contributed by atoms with Crippen molar-refractivity contribution < 1.29 is 14.3 Å². The van der Waals surface area contributed by atoms with Crippen molar-refractivity contribution in [1.29, 1.82) is 0 Å². The molecule has 1 aromatic heterocycles. The maximum absolute atomic E-state index is 13.9. The standard InChI is InChI=1S/C16H18FNO2S/c1-9-8-18(7-6-12(9)19)16(20)15-10(2)14-11(17)4-3-5-13(14)21-15/h3-5,9,12,19H,6-8H2,1-2H3. The molecule has 0 aliphatic carbocycles. The number of aliphatic hydroxyl groups excluding tert-OH is 1. The van der Waals surface area contributed by atoms with Gasteiger partial charge < -0.3 is 10.0 Å². The third kappa shape index (κ3) is 2.45. The first kappa shape index (κ1) is 14.5. The van der Waals surface area contributed by atoms with Crippen molar-refractivity contribution in [2.75, 3.05) is 13.1 Å². The lowest BCUT2D eigenvalue weighted by Gasteiger charge is -2.34. The van der Waals surface area contributed by atoms with E-state index in [9.17, 15) is 14.3 Å². The number of benzene rings is 1. The summed E-state index contributed by atoms with van der Waals surface area (Å²) in [6.45, 7) is 4.86. The van der Waals surface area contributed by atoms with E-state index in [1.54, 1.807) is 17.9 Å². The Morgan fingerprint density at radius 3 is 2.90 bits per heavy atom. The van der Waals surface area contributed by atoms with Gasteiger partial charge in [0, 0.05) is 23.2 Å². The Labute approximate surface area is 127 Å². The summed E-state index contributed by atoms with van der Waals surface area (Å²) in [5, 5.41) is 10.3. The van der Waals surface area contributed by atoms with Gasteiger partial charge in [-0.3, -0.25) is 4.79 Å². The molecular formula is C16H18FNO2S. The number of rotatable bonds is 1. The highest BCUT2D eigenvalue weighted by atomic mass is 32.1. The van der Waals surface area contributed by atoms with Crippen LogP contribution in [0.5, 0.6) is 0 Å². The van der Waals surface area contributed by atoms with Crippen LogP contribution in [0.3, 0.4) is 0 Å². The van der Waals surface area contributed by atoms with Crippen LogP contribution in [0, 0.1) is 18.7 Å². The van der Waals surface area contributed by atoms with Gasteiger partial charge in [-0.05, 0) is 37.0 Å². The molecule has 112 valence electrons. The van der Waals surface area contributed by atoms with Crippen LogP contribution < -0.4 is 0 Å². The van der Waals surface area contributed by atoms with Crippen molar-refractivity contribution in [3.63, 3.8) is 0 Å². The molecule has 2 atom stereocenters. The zero-order chi connectivity index (χ0) is 15.1. The first-order valence-electron chi connectivity index (χ1n) is 7.14. The van der Waals surface area contributed by atoms with Gasteiger partial charge in [0.1, 0.15) is 5.82 Å². The van der Waals surface area contributed by atoms with Crippen LogP contribution in [0.25, 0.3) is 10.1 Å². The lowest BCUT2D eigenvalue weighted by atomic mass is 9.96. The Bertz CT molecular complexity index is 697. The topological polar surface area (TPSA) is 40.5 Å². The average Bonchev–Trinajstić information content (AvgIpc) is 2.80. The van der Waals surface area contributed by atoms with E-state index in [0.717, 1.165) is 10.3 Å². The van der Waals surface area contributed by atoms with Gasteiger partial charge in [-0.2, -0.15) is 0 Å². The number of carbonyl (C=O) groups excluding carboxylic acids is 1. The van der Waals surface area contributed by atoms with E-state index in [1.165, 1.54) is 17.4 Å².